The van der Waals surface area contributed by atoms with Crippen LogP contribution < -0.4 is 5.32 Å². The number of allylic oxidation sites excluding steroid dienone is 1. The maximum atomic E-state index is 13.2. The second kappa shape index (κ2) is 10.7. The summed E-state index contributed by atoms with van der Waals surface area (Å²) in [5.41, 5.74) is 1.91. The van der Waals surface area contributed by atoms with Crippen LogP contribution in [0.4, 0.5) is 0 Å². The van der Waals surface area contributed by atoms with E-state index in [1.54, 1.807) is 56.6 Å². The first-order valence-electron chi connectivity index (χ1n) is 10.7. The number of nitrogens with zero attached hydrogens (tertiary/aromatic N) is 3. The largest absolute Gasteiger partial charge is 0.462 e. The lowest BCUT2D eigenvalue weighted by atomic mass is 10.1. The topological polar surface area (TPSA) is 91.3 Å². The lowest BCUT2D eigenvalue weighted by Gasteiger charge is -2.37. The number of hydrogen-bond donors (Lipinski definition) is 1. The first-order chi connectivity index (χ1) is 15.7. The number of sulfonamides is 1. The van der Waals surface area contributed by atoms with Crippen molar-refractivity contribution < 1.29 is 17.9 Å². The first-order valence-corrected chi connectivity index (χ1v) is 12.2. The third-order valence-corrected chi connectivity index (χ3v) is 6.82. The summed E-state index contributed by atoms with van der Waals surface area (Å²) in [4.78, 5) is 17.4. The lowest BCUT2D eigenvalue weighted by Crippen LogP contribution is -2.57. The summed E-state index contributed by atoms with van der Waals surface area (Å²) in [6, 6.07) is 15.4. The minimum atomic E-state index is -3.84. The molecule has 1 aliphatic rings. The quantitative estimate of drug-likeness (QED) is 0.567. The molecule has 0 fully saturated rings. The summed E-state index contributed by atoms with van der Waals surface area (Å²) in [5, 5.41) is 4.61. The molecule has 1 heterocycles. The van der Waals surface area contributed by atoms with E-state index >= 15 is 0 Å². The van der Waals surface area contributed by atoms with Crippen LogP contribution in [0.1, 0.15) is 25.0 Å². The van der Waals surface area contributed by atoms with Gasteiger partial charge < -0.3 is 4.74 Å². The molecule has 0 aromatic heterocycles. The average molecular weight is 471 g/mol. The van der Waals surface area contributed by atoms with Crippen molar-refractivity contribution in [1.82, 2.24) is 14.7 Å². The van der Waals surface area contributed by atoms with E-state index in [0.717, 1.165) is 15.5 Å². The minimum Gasteiger partial charge on any atom is -0.462 e. The number of carbonyl (C=O) groups excluding carboxylic acids is 1. The van der Waals surface area contributed by atoms with Crippen LogP contribution in [0.5, 0.6) is 0 Å². The monoisotopic (exact) mass is 470 g/mol. The molecule has 2 aromatic rings. The molecule has 0 radical (unpaired) electrons. The molecule has 0 saturated carbocycles. The smallest absolute Gasteiger partial charge is 0.323 e. The van der Waals surface area contributed by atoms with E-state index in [1.165, 1.54) is 12.1 Å². The molecule has 0 spiro atoms. The Morgan fingerprint density at radius 2 is 1.82 bits per heavy atom. The number of benzene rings is 2. The third kappa shape index (κ3) is 6.28. The van der Waals surface area contributed by atoms with Crippen LogP contribution in [0, 0.1) is 6.92 Å². The molecule has 33 heavy (non-hydrogen) atoms. The zero-order chi connectivity index (χ0) is 24.0. The number of aliphatic imine (C=N–C) groups is 1. The Kier molecular flexibility index (Phi) is 8.01. The van der Waals surface area contributed by atoms with Crippen LogP contribution in [-0.2, 0) is 26.0 Å². The van der Waals surface area contributed by atoms with Crippen LogP contribution in [0.2, 0.25) is 0 Å². The van der Waals surface area contributed by atoms with Gasteiger partial charge in [-0.15, -0.1) is 4.41 Å². The molecule has 0 aliphatic carbocycles. The van der Waals surface area contributed by atoms with E-state index < -0.39 is 28.3 Å². The van der Waals surface area contributed by atoms with E-state index in [4.69, 9.17) is 4.74 Å². The summed E-state index contributed by atoms with van der Waals surface area (Å²) >= 11 is 0. The van der Waals surface area contributed by atoms with Crippen LogP contribution in [0.15, 0.2) is 76.8 Å². The molecule has 9 heteroatoms. The second-order valence-electron chi connectivity index (χ2n) is 8.04. The van der Waals surface area contributed by atoms with Gasteiger partial charge in [0, 0.05) is 19.5 Å². The summed E-state index contributed by atoms with van der Waals surface area (Å²) in [7, 11) is -2.39. The van der Waals surface area contributed by atoms with Gasteiger partial charge in [-0.3, -0.25) is 20.1 Å². The van der Waals surface area contributed by atoms with Crippen molar-refractivity contribution in [3.8, 4) is 0 Å². The van der Waals surface area contributed by atoms with Crippen LogP contribution in [0.3, 0.4) is 0 Å². The summed E-state index contributed by atoms with van der Waals surface area (Å²) in [6.45, 7) is 5.46. The Balaban J connectivity index is 1.84. The van der Waals surface area contributed by atoms with Gasteiger partial charge in [-0.05, 0) is 51.0 Å². The number of esters is 1. The number of hydrazine groups is 1. The van der Waals surface area contributed by atoms with Gasteiger partial charge in [-0.2, -0.15) is 0 Å². The van der Waals surface area contributed by atoms with E-state index in [2.05, 4.69) is 10.3 Å². The van der Waals surface area contributed by atoms with E-state index in [1.807, 2.05) is 37.3 Å². The van der Waals surface area contributed by atoms with Gasteiger partial charge in [0.05, 0.1) is 11.0 Å². The van der Waals surface area contributed by atoms with Crippen molar-refractivity contribution in [2.45, 2.75) is 50.5 Å². The molecule has 1 N–H and O–H groups in total. The van der Waals surface area contributed by atoms with Gasteiger partial charge in [-0.1, -0.05) is 48.0 Å². The molecular weight excluding hydrogens is 440 g/mol. The Labute approximate surface area is 195 Å². The number of carbonyl (C=O) groups is 1. The highest BCUT2D eigenvalue weighted by atomic mass is 32.2. The standard InChI is InChI=1S/C24H30N4O4S/c1-18(2)32-23(29)22(17-20-9-6-5-7-10-20)26-24-25-15-8-16-28(24)27(4)33(30,31)21-13-11-19(3)12-14-21/h5-16,18,22,24,26H,17H2,1-4H3/t22-,24?/m0/s1. The molecule has 0 bridgehead atoms. The summed E-state index contributed by atoms with van der Waals surface area (Å²) in [5.74, 6) is -0.428. The summed E-state index contributed by atoms with van der Waals surface area (Å²) in [6.07, 6.45) is 4.06. The highest BCUT2D eigenvalue weighted by molar-refractivity contribution is 7.89. The van der Waals surface area contributed by atoms with Gasteiger partial charge >= 0.3 is 5.97 Å². The third-order valence-electron chi connectivity index (χ3n) is 5.06. The molecule has 1 unspecified atom stereocenters. The molecule has 0 amide bonds. The Bertz CT molecular complexity index is 1100. The van der Waals surface area contributed by atoms with Crippen molar-refractivity contribution in [3.05, 3.63) is 78.0 Å². The minimum absolute atomic E-state index is 0.164. The van der Waals surface area contributed by atoms with Gasteiger partial charge in [0.2, 0.25) is 0 Å². The lowest BCUT2D eigenvalue weighted by molar-refractivity contribution is -0.150. The van der Waals surface area contributed by atoms with Crippen LogP contribution in [0.25, 0.3) is 0 Å². The van der Waals surface area contributed by atoms with E-state index in [9.17, 15) is 13.2 Å². The number of hydrogen-bond acceptors (Lipinski definition) is 7. The van der Waals surface area contributed by atoms with Gasteiger partial charge in [0.15, 0.2) is 6.29 Å². The molecule has 176 valence electrons. The fraction of sp³-hybridized carbons (Fsp3) is 0.333. The molecule has 0 saturated heterocycles. The highest BCUT2D eigenvalue weighted by Gasteiger charge is 2.33. The predicted molar refractivity (Wildman–Crippen MR) is 128 cm³/mol. The molecule has 3 rings (SSSR count). The van der Waals surface area contributed by atoms with Crippen LogP contribution in [-0.4, -0.2) is 55.5 Å². The zero-order valence-corrected chi connectivity index (χ0v) is 20.1. The molecular formula is C24H30N4O4S. The van der Waals surface area contributed by atoms with Crippen molar-refractivity contribution in [1.29, 1.82) is 0 Å². The fourth-order valence-electron chi connectivity index (χ4n) is 3.32. The van der Waals surface area contributed by atoms with E-state index in [0.29, 0.717) is 6.42 Å². The zero-order valence-electron chi connectivity index (χ0n) is 19.3. The number of rotatable bonds is 9. The second-order valence-corrected chi connectivity index (χ2v) is 9.99. The Hall–Kier alpha value is -3.01. The molecule has 8 nitrogen and oxygen atoms in total. The van der Waals surface area contributed by atoms with Crippen molar-refractivity contribution >= 4 is 22.2 Å². The number of nitrogens with one attached hydrogen (secondary N) is 1. The van der Waals surface area contributed by atoms with Crippen LogP contribution >= 0.6 is 0 Å². The predicted octanol–water partition coefficient (Wildman–Crippen LogP) is 2.87. The molecule has 2 aromatic carbocycles. The first kappa shape index (κ1) is 24.6. The number of aryl methyl sites for hydroxylation is 1. The SMILES string of the molecule is Cc1ccc(S(=O)(=O)N(C)N2C=CC=NC2N[C@@H](Cc2ccccc2)C(=O)OC(C)C)cc1. The van der Waals surface area contributed by atoms with Crippen molar-refractivity contribution in [2.24, 2.45) is 4.99 Å². The Morgan fingerprint density at radius 3 is 2.45 bits per heavy atom. The number of ether oxygens (including phenoxy) is 1. The maximum Gasteiger partial charge on any atom is 0.323 e. The normalized spacial score (nSPS) is 16.9. The maximum absolute atomic E-state index is 13.2. The molecule has 2 atom stereocenters. The highest BCUT2D eigenvalue weighted by Crippen LogP contribution is 2.20. The Morgan fingerprint density at radius 1 is 1.15 bits per heavy atom. The average Bonchev–Trinajstić information content (AvgIpc) is 2.79. The van der Waals surface area contributed by atoms with Crippen molar-refractivity contribution in [3.63, 3.8) is 0 Å². The fourth-order valence-corrected chi connectivity index (χ4v) is 4.49. The van der Waals surface area contributed by atoms with E-state index in [-0.39, 0.29) is 11.0 Å². The molecule has 1 aliphatic heterocycles. The van der Waals surface area contributed by atoms with Crippen molar-refractivity contribution in [2.75, 3.05) is 7.05 Å². The van der Waals surface area contributed by atoms with Gasteiger partial charge in [0.25, 0.3) is 10.0 Å². The van der Waals surface area contributed by atoms with Gasteiger partial charge in [0.1, 0.15) is 6.04 Å². The van der Waals surface area contributed by atoms with Gasteiger partial charge in [-0.25, -0.2) is 8.42 Å². The summed E-state index contributed by atoms with van der Waals surface area (Å²) < 4.78 is 33.0.